The molecule has 0 bridgehead atoms. The van der Waals surface area contributed by atoms with Crippen molar-refractivity contribution in [2.45, 2.75) is 61.2 Å². The first-order valence-electron chi connectivity index (χ1n) is 13.3. The molecule has 1 heterocycles. The minimum atomic E-state index is -2.18. The first-order chi connectivity index (χ1) is 20.2. The van der Waals surface area contributed by atoms with E-state index in [1.807, 2.05) is 91.0 Å². The lowest BCUT2D eigenvalue weighted by Crippen LogP contribution is -2.62. The van der Waals surface area contributed by atoms with Gasteiger partial charge in [0.2, 0.25) is 12.2 Å². The Morgan fingerprint density at radius 2 is 1.21 bits per heavy atom. The van der Waals surface area contributed by atoms with Crippen LogP contribution in [0.3, 0.4) is 0 Å². The third-order valence-electron chi connectivity index (χ3n) is 6.35. The van der Waals surface area contributed by atoms with Crippen molar-refractivity contribution >= 4 is 46.7 Å². The van der Waals surface area contributed by atoms with Crippen LogP contribution in [0.2, 0.25) is 0 Å². The molecule has 0 saturated carbocycles. The molecule has 0 aromatic heterocycles. The van der Waals surface area contributed by atoms with E-state index in [2.05, 4.69) is 0 Å². The summed E-state index contributed by atoms with van der Waals surface area (Å²) in [6.45, 7) is 2.01. The van der Waals surface area contributed by atoms with E-state index in [-0.39, 0.29) is 19.8 Å². The summed E-state index contributed by atoms with van der Waals surface area (Å²) in [6.07, 6.45) is -5.01. The van der Waals surface area contributed by atoms with Crippen LogP contribution in [0.4, 0.5) is 0 Å². The summed E-state index contributed by atoms with van der Waals surface area (Å²) < 4.78 is 34.2. The number of rotatable bonds is 12. The van der Waals surface area contributed by atoms with Crippen molar-refractivity contribution in [3.63, 3.8) is 0 Å². The number of nitrogens with one attached hydrogen (secondary N) is 1. The van der Waals surface area contributed by atoms with Crippen molar-refractivity contribution in [2.75, 3.05) is 6.61 Å². The summed E-state index contributed by atoms with van der Waals surface area (Å²) in [5, 5.41) is 8.17. The lowest BCUT2D eigenvalue weighted by molar-refractivity contribution is -0.305. The van der Waals surface area contributed by atoms with E-state index in [9.17, 15) is 4.79 Å². The SMILES string of the molecule is CC(=O)OC1[C@@H](OC(=N)C(Cl)(Cl)Cl)OC(COCc2ccccc2)[C@@H](OCc2ccccc2)[C@H]1OCc1ccccc1. The summed E-state index contributed by atoms with van der Waals surface area (Å²) in [4.78, 5) is 12.3. The molecule has 3 aromatic rings. The molecule has 0 amide bonds. The van der Waals surface area contributed by atoms with Crippen LogP contribution >= 0.6 is 34.8 Å². The number of esters is 1. The fraction of sp³-hybridized carbons (Fsp3) is 0.355. The van der Waals surface area contributed by atoms with Crippen molar-refractivity contribution in [2.24, 2.45) is 0 Å². The standard InChI is InChI=1S/C31H32Cl3NO7/c1-21(36)40-28-27(39-19-24-15-9-4-10-16-24)26(38-18-23-13-7-3-8-14-23)25(20-37-17-22-11-5-2-6-12-22)41-29(28)42-30(35)31(32,33)34/h2-16,25-29,35H,17-20H2,1H3/t25?,26-,27-,28?,29-/m1/s1. The maximum atomic E-state index is 12.3. The van der Waals surface area contributed by atoms with Gasteiger partial charge in [-0.1, -0.05) is 126 Å². The van der Waals surface area contributed by atoms with E-state index >= 15 is 0 Å². The third kappa shape index (κ3) is 9.67. The highest BCUT2D eigenvalue weighted by Gasteiger charge is 2.52. The Hall–Kier alpha value is -2.69. The van der Waals surface area contributed by atoms with Gasteiger partial charge >= 0.3 is 5.97 Å². The molecule has 0 spiro atoms. The van der Waals surface area contributed by atoms with E-state index in [4.69, 9.17) is 68.6 Å². The van der Waals surface area contributed by atoms with Gasteiger partial charge < -0.3 is 28.4 Å². The molecule has 1 fully saturated rings. The average molecular weight is 637 g/mol. The van der Waals surface area contributed by atoms with Crippen molar-refractivity contribution in [1.82, 2.24) is 0 Å². The average Bonchev–Trinajstić information content (AvgIpc) is 2.97. The highest BCUT2D eigenvalue weighted by Crippen LogP contribution is 2.34. The minimum absolute atomic E-state index is 0.0628. The lowest BCUT2D eigenvalue weighted by Gasteiger charge is -2.45. The van der Waals surface area contributed by atoms with E-state index in [1.165, 1.54) is 6.92 Å². The molecule has 0 radical (unpaired) electrons. The van der Waals surface area contributed by atoms with Gasteiger partial charge in [-0.25, -0.2) is 0 Å². The number of benzene rings is 3. The fourth-order valence-electron chi connectivity index (χ4n) is 4.40. The topological polar surface area (TPSA) is 96.3 Å². The molecule has 1 saturated heterocycles. The molecule has 2 unspecified atom stereocenters. The molecule has 8 nitrogen and oxygen atoms in total. The van der Waals surface area contributed by atoms with Gasteiger partial charge in [-0.05, 0) is 16.7 Å². The van der Waals surface area contributed by atoms with Gasteiger partial charge in [-0.3, -0.25) is 10.2 Å². The number of hydrogen-bond donors (Lipinski definition) is 1. The second-order valence-electron chi connectivity index (χ2n) is 9.58. The number of carbonyl (C=O) groups is 1. The van der Waals surface area contributed by atoms with Crippen molar-refractivity contribution in [3.8, 4) is 0 Å². The quantitative estimate of drug-likeness (QED) is 0.106. The predicted molar refractivity (Wildman–Crippen MR) is 159 cm³/mol. The zero-order valence-electron chi connectivity index (χ0n) is 22.9. The smallest absolute Gasteiger partial charge is 0.303 e. The molecule has 42 heavy (non-hydrogen) atoms. The van der Waals surface area contributed by atoms with E-state index in [1.54, 1.807) is 0 Å². The number of alkyl halides is 3. The third-order valence-corrected chi connectivity index (χ3v) is 6.86. The Labute approximate surface area is 260 Å². The monoisotopic (exact) mass is 635 g/mol. The Balaban J connectivity index is 1.64. The molecule has 4 rings (SSSR count). The number of halogens is 3. The van der Waals surface area contributed by atoms with E-state index < -0.39 is 46.4 Å². The first kappa shape index (κ1) is 32.2. The molecule has 3 aromatic carbocycles. The molecular weight excluding hydrogens is 605 g/mol. The first-order valence-corrected chi connectivity index (χ1v) is 14.4. The lowest BCUT2D eigenvalue weighted by atomic mass is 9.98. The maximum Gasteiger partial charge on any atom is 0.303 e. The molecule has 1 N–H and O–H groups in total. The normalized spacial score (nSPS) is 22.3. The summed E-state index contributed by atoms with van der Waals surface area (Å²) in [5.41, 5.74) is 2.77. The van der Waals surface area contributed by atoms with Crippen LogP contribution in [0.25, 0.3) is 0 Å². The summed E-state index contributed by atoms with van der Waals surface area (Å²) in [5.74, 6) is -1.32. The van der Waals surface area contributed by atoms with Crippen molar-refractivity contribution in [3.05, 3.63) is 108 Å². The Morgan fingerprint density at radius 1 is 0.738 bits per heavy atom. The second-order valence-corrected chi connectivity index (χ2v) is 11.9. The molecule has 224 valence electrons. The van der Waals surface area contributed by atoms with Gasteiger partial charge in [-0.15, -0.1) is 0 Å². The van der Waals surface area contributed by atoms with Gasteiger partial charge in [0.15, 0.2) is 6.10 Å². The molecule has 0 aliphatic carbocycles. The molecular formula is C31H32Cl3NO7. The highest BCUT2D eigenvalue weighted by atomic mass is 35.6. The molecule has 1 aliphatic rings. The van der Waals surface area contributed by atoms with Crippen LogP contribution in [-0.4, -0.2) is 53.0 Å². The van der Waals surface area contributed by atoms with Gasteiger partial charge in [0.25, 0.3) is 3.79 Å². The Bertz CT molecular complexity index is 1260. The van der Waals surface area contributed by atoms with E-state index in [0.717, 1.165) is 16.7 Å². The largest absolute Gasteiger partial charge is 0.453 e. The number of ether oxygens (including phenoxy) is 6. The van der Waals surface area contributed by atoms with Crippen molar-refractivity contribution in [1.29, 1.82) is 5.41 Å². The Kier molecular flexibility index (Phi) is 12.0. The zero-order chi connectivity index (χ0) is 30.0. The fourth-order valence-corrected chi connectivity index (χ4v) is 4.53. The van der Waals surface area contributed by atoms with E-state index in [0.29, 0.717) is 6.61 Å². The van der Waals surface area contributed by atoms with Crippen LogP contribution in [0, 0.1) is 5.41 Å². The van der Waals surface area contributed by atoms with Crippen LogP contribution < -0.4 is 0 Å². The minimum Gasteiger partial charge on any atom is -0.453 e. The second kappa shape index (κ2) is 15.7. The van der Waals surface area contributed by atoms with Crippen LogP contribution in [0.1, 0.15) is 23.6 Å². The summed E-state index contributed by atoms with van der Waals surface area (Å²) >= 11 is 17.7. The zero-order valence-corrected chi connectivity index (χ0v) is 25.1. The highest BCUT2D eigenvalue weighted by molar-refractivity contribution is 6.76. The van der Waals surface area contributed by atoms with Gasteiger partial charge in [0.1, 0.15) is 18.3 Å². The van der Waals surface area contributed by atoms with Gasteiger partial charge in [0.05, 0.1) is 26.4 Å². The van der Waals surface area contributed by atoms with Crippen molar-refractivity contribution < 1.29 is 33.2 Å². The molecule has 1 aliphatic heterocycles. The summed E-state index contributed by atoms with van der Waals surface area (Å²) in [7, 11) is 0. The van der Waals surface area contributed by atoms with Gasteiger partial charge in [0, 0.05) is 6.92 Å². The number of carbonyl (C=O) groups excluding carboxylic acids is 1. The predicted octanol–water partition coefficient (Wildman–Crippen LogP) is 6.39. The Morgan fingerprint density at radius 3 is 1.69 bits per heavy atom. The van der Waals surface area contributed by atoms with Crippen LogP contribution in [0.15, 0.2) is 91.0 Å². The number of hydrogen-bond acceptors (Lipinski definition) is 8. The maximum absolute atomic E-state index is 12.3. The molecule has 5 atom stereocenters. The van der Waals surface area contributed by atoms with Crippen LogP contribution in [-0.2, 0) is 53.0 Å². The summed E-state index contributed by atoms with van der Waals surface area (Å²) in [6, 6.07) is 28.8. The van der Waals surface area contributed by atoms with Crippen LogP contribution in [0.5, 0.6) is 0 Å². The molecule has 11 heteroatoms. The van der Waals surface area contributed by atoms with Gasteiger partial charge in [-0.2, -0.15) is 0 Å².